The second-order valence-electron chi connectivity index (χ2n) is 2.99. The van der Waals surface area contributed by atoms with Gasteiger partial charge in [-0.15, -0.1) is 0 Å². The third-order valence-electron chi connectivity index (χ3n) is 2.28. The number of nitrogens with zero attached hydrogens (tertiary/aromatic N) is 3. The standard InChI is InChI=1S/C8H13N3O/c1-3-7-6-11(5-4-9)8(12)10(7)2/h7H,3,5-6H2,1-2H3. The van der Waals surface area contributed by atoms with E-state index in [1.807, 2.05) is 13.0 Å². The highest BCUT2D eigenvalue weighted by Gasteiger charge is 2.32. The van der Waals surface area contributed by atoms with Crippen molar-refractivity contribution in [3.05, 3.63) is 0 Å². The predicted octanol–water partition coefficient (Wildman–Crippen LogP) is 0.656. The quantitative estimate of drug-likeness (QED) is 0.567. The Kier molecular flexibility index (Phi) is 2.54. The summed E-state index contributed by atoms with van der Waals surface area (Å²) in [4.78, 5) is 14.6. The number of urea groups is 1. The van der Waals surface area contributed by atoms with Gasteiger partial charge in [-0.1, -0.05) is 6.92 Å². The van der Waals surface area contributed by atoms with Crippen LogP contribution >= 0.6 is 0 Å². The molecule has 0 radical (unpaired) electrons. The molecule has 0 aromatic heterocycles. The Labute approximate surface area is 72.4 Å². The molecule has 1 fully saturated rings. The van der Waals surface area contributed by atoms with Gasteiger partial charge in [0.15, 0.2) is 0 Å². The fourth-order valence-corrected chi connectivity index (χ4v) is 1.45. The first-order valence-corrected chi connectivity index (χ1v) is 4.09. The number of hydrogen-bond acceptors (Lipinski definition) is 2. The molecular formula is C8H13N3O. The van der Waals surface area contributed by atoms with Gasteiger partial charge in [0.25, 0.3) is 0 Å². The molecule has 1 saturated heterocycles. The van der Waals surface area contributed by atoms with Gasteiger partial charge >= 0.3 is 6.03 Å². The lowest BCUT2D eigenvalue weighted by Crippen LogP contribution is -2.31. The zero-order valence-corrected chi connectivity index (χ0v) is 7.45. The fraction of sp³-hybridized carbons (Fsp3) is 0.750. The maximum absolute atomic E-state index is 11.4. The van der Waals surface area contributed by atoms with Gasteiger partial charge in [0.1, 0.15) is 6.54 Å². The monoisotopic (exact) mass is 167 g/mol. The van der Waals surface area contributed by atoms with E-state index in [0.29, 0.717) is 6.54 Å². The second-order valence-corrected chi connectivity index (χ2v) is 2.99. The highest BCUT2D eigenvalue weighted by atomic mass is 16.2. The Hall–Kier alpha value is -1.24. The molecule has 2 amide bonds. The summed E-state index contributed by atoms with van der Waals surface area (Å²) in [7, 11) is 1.79. The molecule has 66 valence electrons. The zero-order chi connectivity index (χ0) is 9.14. The first-order valence-electron chi connectivity index (χ1n) is 4.09. The van der Waals surface area contributed by atoms with Gasteiger partial charge < -0.3 is 9.80 Å². The lowest BCUT2D eigenvalue weighted by molar-refractivity contribution is 0.198. The van der Waals surface area contributed by atoms with Crippen LogP contribution in [0.4, 0.5) is 4.79 Å². The van der Waals surface area contributed by atoms with E-state index in [4.69, 9.17) is 5.26 Å². The SMILES string of the molecule is CCC1CN(CC#N)C(=O)N1C. The number of likely N-dealkylation sites (N-methyl/N-ethyl adjacent to an activating group) is 1. The second kappa shape index (κ2) is 3.44. The van der Waals surface area contributed by atoms with Gasteiger partial charge in [-0.3, -0.25) is 0 Å². The summed E-state index contributed by atoms with van der Waals surface area (Å²) in [5.41, 5.74) is 0. The highest BCUT2D eigenvalue weighted by Crippen LogP contribution is 2.15. The molecule has 0 aromatic rings. The molecule has 12 heavy (non-hydrogen) atoms. The third-order valence-corrected chi connectivity index (χ3v) is 2.28. The molecular weight excluding hydrogens is 154 g/mol. The predicted molar refractivity (Wildman–Crippen MR) is 44.4 cm³/mol. The minimum absolute atomic E-state index is 0.0246. The van der Waals surface area contributed by atoms with Gasteiger partial charge in [0.2, 0.25) is 0 Å². The van der Waals surface area contributed by atoms with Crippen LogP contribution in [0.15, 0.2) is 0 Å². The van der Waals surface area contributed by atoms with Crippen molar-refractivity contribution in [3.8, 4) is 6.07 Å². The Morgan fingerprint density at radius 3 is 2.83 bits per heavy atom. The first kappa shape index (κ1) is 8.85. The minimum atomic E-state index is -0.0246. The summed E-state index contributed by atoms with van der Waals surface area (Å²) in [5, 5.41) is 8.43. The number of carbonyl (C=O) groups is 1. The van der Waals surface area contributed by atoms with Crippen LogP contribution in [0.1, 0.15) is 13.3 Å². The number of amides is 2. The summed E-state index contributed by atoms with van der Waals surface area (Å²) < 4.78 is 0. The number of hydrogen-bond donors (Lipinski definition) is 0. The molecule has 1 unspecified atom stereocenters. The summed E-state index contributed by atoms with van der Waals surface area (Å²) in [5.74, 6) is 0. The summed E-state index contributed by atoms with van der Waals surface area (Å²) in [6.45, 7) is 2.95. The molecule has 0 aliphatic carbocycles. The number of nitriles is 1. The van der Waals surface area contributed by atoms with Crippen LogP contribution in [0.3, 0.4) is 0 Å². The topological polar surface area (TPSA) is 47.3 Å². The molecule has 4 nitrogen and oxygen atoms in total. The van der Waals surface area contributed by atoms with Crippen LogP contribution < -0.4 is 0 Å². The molecule has 1 aliphatic rings. The van der Waals surface area contributed by atoms with E-state index in [1.54, 1.807) is 16.8 Å². The average Bonchev–Trinajstić information content (AvgIpc) is 2.33. The van der Waals surface area contributed by atoms with Crippen molar-refractivity contribution in [3.63, 3.8) is 0 Å². The Balaban J connectivity index is 2.62. The van der Waals surface area contributed by atoms with Crippen molar-refractivity contribution < 1.29 is 4.79 Å². The van der Waals surface area contributed by atoms with Crippen molar-refractivity contribution in [2.24, 2.45) is 0 Å². The summed E-state index contributed by atoms with van der Waals surface area (Å²) in [6, 6.07) is 2.24. The summed E-state index contributed by atoms with van der Waals surface area (Å²) >= 11 is 0. The van der Waals surface area contributed by atoms with Gasteiger partial charge in [-0.2, -0.15) is 5.26 Å². The lowest BCUT2D eigenvalue weighted by Gasteiger charge is -2.14. The molecule has 1 aliphatic heterocycles. The van der Waals surface area contributed by atoms with Crippen LogP contribution in [-0.4, -0.2) is 42.0 Å². The Morgan fingerprint density at radius 1 is 1.75 bits per heavy atom. The van der Waals surface area contributed by atoms with Crippen molar-refractivity contribution >= 4 is 6.03 Å². The van der Waals surface area contributed by atoms with E-state index in [2.05, 4.69) is 0 Å². The van der Waals surface area contributed by atoms with Gasteiger partial charge in [-0.25, -0.2) is 4.79 Å². The van der Waals surface area contributed by atoms with Crippen molar-refractivity contribution in [2.45, 2.75) is 19.4 Å². The van der Waals surface area contributed by atoms with Crippen molar-refractivity contribution in [2.75, 3.05) is 20.1 Å². The normalized spacial score (nSPS) is 23.1. The smallest absolute Gasteiger partial charge is 0.320 e. The minimum Gasteiger partial charge on any atom is -0.323 e. The van der Waals surface area contributed by atoms with E-state index < -0.39 is 0 Å². The van der Waals surface area contributed by atoms with Crippen molar-refractivity contribution in [1.29, 1.82) is 5.26 Å². The highest BCUT2D eigenvalue weighted by molar-refractivity contribution is 5.77. The van der Waals surface area contributed by atoms with E-state index >= 15 is 0 Å². The molecule has 0 N–H and O–H groups in total. The van der Waals surface area contributed by atoms with Crippen LogP contribution in [0, 0.1) is 11.3 Å². The lowest BCUT2D eigenvalue weighted by atomic mass is 10.2. The first-order chi connectivity index (χ1) is 5.70. The van der Waals surface area contributed by atoms with Crippen molar-refractivity contribution in [1.82, 2.24) is 9.80 Å². The van der Waals surface area contributed by atoms with Crippen LogP contribution in [0.5, 0.6) is 0 Å². The third kappa shape index (κ3) is 1.35. The summed E-state index contributed by atoms with van der Waals surface area (Å²) in [6.07, 6.45) is 0.949. The van der Waals surface area contributed by atoms with Gasteiger partial charge in [0, 0.05) is 13.6 Å². The Morgan fingerprint density at radius 2 is 2.42 bits per heavy atom. The van der Waals surface area contributed by atoms with Crippen LogP contribution in [-0.2, 0) is 0 Å². The van der Waals surface area contributed by atoms with E-state index in [1.165, 1.54) is 0 Å². The fourth-order valence-electron chi connectivity index (χ4n) is 1.45. The van der Waals surface area contributed by atoms with Gasteiger partial charge in [-0.05, 0) is 6.42 Å². The largest absolute Gasteiger partial charge is 0.323 e. The molecule has 0 saturated carbocycles. The zero-order valence-electron chi connectivity index (χ0n) is 7.45. The van der Waals surface area contributed by atoms with E-state index in [-0.39, 0.29) is 18.6 Å². The molecule has 1 heterocycles. The molecule has 1 rings (SSSR count). The van der Waals surface area contributed by atoms with Gasteiger partial charge in [0.05, 0.1) is 12.1 Å². The average molecular weight is 167 g/mol. The molecule has 4 heteroatoms. The molecule has 0 spiro atoms. The molecule has 0 aromatic carbocycles. The number of rotatable bonds is 2. The Bertz CT molecular complexity index is 221. The molecule has 1 atom stereocenters. The maximum atomic E-state index is 11.4. The van der Waals surface area contributed by atoms with E-state index in [9.17, 15) is 4.79 Å². The van der Waals surface area contributed by atoms with E-state index in [0.717, 1.165) is 6.42 Å². The van der Waals surface area contributed by atoms with Crippen LogP contribution in [0.25, 0.3) is 0 Å². The maximum Gasteiger partial charge on any atom is 0.320 e. The van der Waals surface area contributed by atoms with Crippen LogP contribution in [0.2, 0.25) is 0 Å². The number of carbonyl (C=O) groups excluding carboxylic acids is 1. The molecule has 0 bridgehead atoms.